The lowest BCUT2D eigenvalue weighted by Crippen LogP contribution is -1.99. The van der Waals surface area contributed by atoms with E-state index in [1.165, 1.54) is 0 Å². The van der Waals surface area contributed by atoms with Crippen molar-refractivity contribution in [2.24, 2.45) is 0 Å². The number of aldehydes is 1. The van der Waals surface area contributed by atoms with E-state index in [0.717, 1.165) is 0 Å². The minimum Gasteiger partial charge on any atom is -0.469 e. The third-order valence-corrected chi connectivity index (χ3v) is 1.86. The van der Waals surface area contributed by atoms with Gasteiger partial charge in [-0.25, -0.2) is 4.98 Å². The van der Waals surface area contributed by atoms with Gasteiger partial charge >= 0.3 is 0 Å². The molecule has 0 saturated heterocycles. The average molecular weight is 203 g/mol. The monoisotopic (exact) mass is 203 g/mol. The molecule has 0 radical (unpaired) electrons. The van der Waals surface area contributed by atoms with Gasteiger partial charge in [-0.1, -0.05) is 0 Å². The minimum absolute atomic E-state index is 0.269. The zero-order valence-electron chi connectivity index (χ0n) is 7.92. The summed E-state index contributed by atoms with van der Waals surface area (Å²) in [7, 11) is 0. The summed E-state index contributed by atoms with van der Waals surface area (Å²) in [6.07, 6.45) is 3.85. The SMILES string of the molecule is O=Cc1cccnc1OCc1ccco1. The Morgan fingerprint density at radius 2 is 2.33 bits per heavy atom. The molecule has 0 amide bonds. The van der Waals surface area contributed by atoms with Crippen LogP contribution in [0.5, 0.6) is 5.88 Å². The van der Waals surface area contributed by atoms with Crippen LogP contribution in [0.25, 0.3) is 0 Å². The third kappa shape index (κ3) is 2.22. The molecule has 2 rings (SSSR count). The number of hydrogen-bond acceptors (Lipinski definition) is 4. The Balaban J connectivity index is 2.07. The highest BCUT2D eigenvalue weighted by Crippen LogP contribution is 2.13. The van der Waals surface area contributed by atoms with E-state index in [1.807, 2.05) is 0 Å². The van der Waals surface area contributed by atoms with Gasteiger partial charge < -0.3 is 9.15 Å². The molecule has 4 heteroatoms. The highest BCUT2D eigenvalue weighted by atomic mass is 16.5. The maximum Gasteiger partial charge on any atom is 0.224 e. The van der Waals surface area contributed by atoms with Crippen molar-refractivity contribution < 1.29 is 13.9 Å². The first kappa shape index (κ1) is 9.45. The van der Waals surface area contributed by atoms with Gasteiger partial charge in [0.1, 0.15) is 12.4 Å². The second kappa shape index (κ2) is 4.41. The minimum atomic E-state index is 0.269. The van der Waals surface area contributed by atoms with E-state index in [0.29, 0.717) is 23.5 Å². The zero-order chi connectivity index (χ0) is 10.5. The first-order chi connectivity index (χ1) is 7.40. The number of ether oxygens (including phenoxy) is 1. The van der Waals surface area contributed by atoms with Gasteiger partial charge in [0.15, 0.2) is 6.29 Å². The van der Waals surface area contributed by atoms with E-state index in [-0.39, 0.29) is 6.61 Å². The van der Waals surface area contributed by atoms with E-state index in [9.17, 15) is 4.79 Å². The number of rotatable bonds is 4. The molecule has 2 heterocycles. The van der Waals surface area contributed by atoms with E-state index in [4.69, 9.17) is 9.15 Å². The quantitative estimate of drug-likeness (QED) is 0.714. The van der Waals surface area contributed by atoms with Gasteiger partial charge in [0.25, 0.3) is 0 Å². The highest BCUT2D eigenvalue weighted by molar-refractivity contribution is 5.77. The van der Waals surface area contributed by atoms with E-state index >= 15 is 0 Å². The molecule has 4 nitrogen and oxygen atoms in total. The van der Waals surface area contributed by atoms with E-state index in [1.54, 1.807) is 36.7 Å². The molecule has 0 aromatic carbocycles. The molecule has 0 aliphatic carbocycles. The van der Waals surface area contributed by atoms with Gasteiger partial charge in [0.2, 0.25) is 5.88 Å². The van der Waals surface area contributed by atoms with Crippen molar-refractivity contribution in [1.82, 2.24) is 4.98 Å². The average Bonchev–Trinajstić information content (AvgIpc) is 2.79. The first-order valence-corrected chi connectivity index (χ1v) is 4.45. The number of pyridine rings is 1. The fraction of sp³-hybridized carbons (Fsp3) is 0.0909. The normalized spacial score (nSPS) is 9.87. The van der Waals surface area contributed by atoms with Crippen molar-refractivity contribution in [3.8, 4) is 5.88 Å². The molecule has 2 aromatic heterocycles. The molecular formula is C11H9NO3. The van der Waals surface area contributed by atoms with Crippen LogP contribution in [-0.4, -0.2) is 11.3 Å². The largest absolute Gasteiger partial charge is 0.469 e. The number of nitrogens with zero attached hydrogens (tertiary/aromatic N) is 1. The zero-order valence-corrected chi connectivity index (χ0v) is 7.92. The van der Waals surface area contributed by atoms with E-state index in [2.05, 4.69) is 4.98 Å². The van der Waals surface area contributed by atoms with Gasteiger partial charge in [-0.05, 0) is 24.3 Å². The van der Waals surface area contributed by atoms with Crippen LogP contribution in [0.1, 0.15) is 16.1 Å². The Hall–Kier alpha value is -2.10. The van der Waals surface area contributed by atoms with Crippen LogP contribution in [-0.2, 0) is 6.61 Å². The Morgan fingerprint density at radius 1 is 1.40 bits per heavy atom. The van der Waals surface area contributed by atoms with Gasteiger partial charge in [-0.15, -0.1) is 0 Å². The van der Waals surface area contributed by atoms with Crippen LogP contribution in [0.3, 0.4) is 0 Å². The summed E-state index contributed by atoms with van der Waals surface area (Å²) >= 11 is 0. The molecule has 0 aliphatic rings. The number of carbonyl (C=O) groups is 1. The molecule has 0 fully saturated rings. The molecule has 0 aliphatic heterocycles. The van der Waals surface area contributed by atoms with Crippen LogP contribution < -0.4 is 4.74 Å². The molecular weight excluding hydrogens is 194 g/mol. The van der Waals surface area contributed by atoms with Gasteiger partial charge in [0, 0.05) is 6.20 Å². The molecule has 2 aromatic rings. The summed E-state index contributed by atoms with van der Waals surface area (Å²) in [5, 5.41) is 0. The lowest BCUT2D eigenvalue weighted by molar-refractivity contribution is 0.111. The summed E-state index contributed by atoms with van der Waals surface area (Å²) in [6.45, 7) is 0.269. The lowest BCUT2D eigenvalue weighted by Gasteiger charge is -2.04. The number of hydrogen-bond donors (Lipinski definition) is 0. The molecule has 15 heavy (non-hydrogen) atoms. The third-order valence-electron chi connectivity index (χ3n) is 1.86. The van der Waals surface area contributed by atoms with Crippen LogP contribution in [0.15, 0.2) is 41.1 Å². The fourth-order valence-corrected chi connectivity index (χ4v) is 1.15. The summed E-state index contributed by atoms with van der Waals surface area (Å²) in [5.74, 6) is 1.02. The lowest BCUT2D eigenvalue weighted by atomic mass is 10.3. The first-order valence-electron chi connectivity index (χ1n) is 4.45. The molecule has 0 N–H and O–H groups in total. The Kier molecular flexibility index (Phi) is 2.78. The molecule has 0 atom stereocenters. The molecule has 0 bridgehead atoms. The van der Waals surface area contributed by atoms with Crippen LogP contribution in [0.2, 0.25) is 0 Å². The van der Waals surface area contributed by atoms with Crippen LogP contribution in [0.4, 0.5) is 0 Å². The van der Waals surface area contributed by atoms with Crippen molar-refractivity contribution >= 4 is 6.29 Å². The summed E-state index contributed by atoms with van der Waals surface area (Å²) in [4.78, 5) is 14.6. The van der Waals surface area contributed by atoms with Gasteiger partial charge in [-0.3, -0.25) is 4.79 Å². The summed E-state index contributed by atoms with van der Waals surface area (Å²) < 4.78 is 10.4. The van der Waals surface area contributed by atoms with Crippen LogP contribution in [0, 0.1) is 0 Å². The number of carbonyl (C=O) groups excluding carboxylic acids is 1. The maximum atomic E-state index is 10.6. The van der Waals surface area contributed by atoms with Crippen molar-refractivity contribution in [2.75, 3.05) is 0 Å². The fourth-order valence-electron chi connectivity index (χ4n) is 1.15. The predicted octanol–water partition coefficient (Wildman–Crippen LogP) is 2.07. The van der Waals surface area contributed by atoms with Crippen molar-refractivity contribution in [2.45, 2.75) is 6.61 Å². The van der Waals surface area contributed by atoms with Gasteiger partial charge in [-0.2, -0.15) is 0 Å². The highest BCUT2D eigenvalue weighted by Gasteiger charge is 2.04. The molecule has 0 saturated carbocycles. The Bertz CT molecular complexity index is 437. The standard InChI is InChI=1S/C11H9NO3/c13-7-9-3-1-5-12-11(9)15-8-10-4-2-6-14-10/h1-7H,8H2. The topological polar surface area (TPSA) is 52.3 Å². The second-order valence-corrected chi connectivity index (χ2v) is 2.88. The Labute approximate surface area is 86.5 Å². The molecule has 76 valence electrons. The number of aromatic nitrogens is 1. The Morgan fingerprint density at radius 3 is 3.07 bits per heavy atom. The van der Waals surface area contributed by atoms with Crippen LogP contribution >= 0.6 is 0 Å². The van der Waals surface area contributed by atoms with Gasteiger partial charge in [0.05, 0.1) is 11.8 Å². The number of furan rings is 1. The van der Waals surface area contributed by atoms with E-state index < -0.39 is 0 Å². The van der Waals surface area contributed by atoms with Crippen molar-refractivity contribution in [1.29, 1.82) is 0 Å². The summed E-state index contributed by atoms with van der Waals surface area (Å²) in [5.41, 5.74) is 0.434. The second-order valence-electron chi connectivity index (χ2n) is 2.88. The predicted molar refractivity (Wildman–Crippen MR) is 52.7 cm³/mol. The van der Waals surface area contributed by atoms with Crippen molar-refractivity contribution in [3.05, 3.63) is 48.0 Å². The maximum absolute atomic E-state index is 10.6. The smallest absolute Gasteiger partial charge is 0.224 e. The molecule has 0 unspecified atom stereocenters. The molecule has 0 spiro atoms. The summed E-state index contributed by atoms with van der Waals surface area (Å²) in [6, 6.07) is 6.90. The van der Waals surface area contributed by atoms with Crippen molar-refractivity contribution in [3.63, 3.8) is 0 Å².